The van der Waals surface area contributed by atoms with Gasteiger partial charge in [-0.2, -0.15) is 0 Å². The molecule has 0 fully saturated rings. The molecule has 0 saturated carbocycles. The lowest BCUT2D eigenvalue weighted by Crippen LogP contribution is -2.15. The number of rotatable bonds is 4. The Morgan fingerprint density at radius 3 is 2.36 bits per heavy atom. The fourth-order valence-electron chi connectivity index (χ4n) is 1.80. The average Bonchev–Trinajstić information content (AvgIpc) is 2.87. The van der Waals surface area contributed by atoms with Gasteiger partial charge in [0.2, 0.25) is 5.91 Å². The number of anilines is 1. The summed E-state index contributed by atoms with van der Waals surface area (Å²) in [6, 6.07) is 6.06. The van der Waals surface area contributed by atoms with Crippen molar-refractivity contribution in [2.24, 2.45) is 0 Å². The van der Waals surface area contributed by atoms with E-state index >= 15 is 0 Å². The molecule has 1 aromatic heterocycles. The molecule has 0 radical (unpaired) electrons. The highest BCUT2D eigenvalue weighted by molar-refractivity contribution is 7.09. The number of hydrogen-bond donors (Lipinski definition) is 2. The van der Waals surface area contributed by atoms with Crippen molar-refractivity contribution in [3.05, 3.63) is 45.9 Å². The Hall–Kier alpha value is -2.21. The summed E-state index contributed by atoms with van der Waals surface area (Å²) in [6.45, 7) is 6.25. The lowest BCUT2D eigenvalue weighted by Gasteiger charge is -2.13. The van der Waals surface area contributed by atoms with E-state index in [9.17, 15) is 9.59 Å². The zero-order valence-electron chi connectivity index (χ0n) is 12.7. The van der Waals surface area contributed by atoms with Gasteiger partial charge in [0.1, 0.15) is 0 Å². The topological polar surface area (TPSA) is 79.3 Å². The summed E-state index contributed by atoms with van der Waals surface area (Å²) in [6.07, 6.45) is 0.202. The Bertz CT molecular complexity index is 684. The van der Waals surface area contributed by atoms with Gasteiger partial charge in [-0.1, -0.05) is 20.8 Å². The number of hydrogen-bond acceptors (Lipinski definition) is 4. The number of carbonyl (C=O) groups is 2. The van der Waals surface area contributed by atoms with E-state index in [0.29, 0.717) is 5.69 Å². The van der Waals surface area contributed by atoms with Crippen LogP contribution >= 0.6 is 11.3 Å². The van der Waals surface area contributed by atoms with E-state index in [1.807, 2.05) is 5.38 Å². The van der Waals surface area contributed by atoms with Crippen molar-refractivity contribution in [3.8, 4) is 0 Å². The number of thiazole rings is 1. The summed E-state index contributed by atoms with van der Waals surface area (Å²) < 4.78 is 0. The summed E-state index contributed by atoms with van der Waals surface area (Å²) in [5.74, 6) is -1.16. The summed E-state index contributed by atoms with van der Waals surface area (Å²) in [4.78, 5) is 27.2. The molecule has 0 atom stereocenters. The molecule has 0 bridgehead atoms. The van der Waals surface area contributed by atoms with Gasteiger partial charge in [-0.15, -0.1) is 11.3 Å². The zero-order valence-corrected chi connectivity index (χ0v) is 13.5. The van der Waals surface area contributed by atoms with Gasteiger partial charge in [0.15, 0.2) is 0 Å². The monoisotopic (exact) mass is 318 g/mol. The third-order valence-electron chi connectivity index (χ3n) is 2.95. The van der Waals surface area contributed by atoms with Gasteiger partial charge in [0, 0.05) is 16.5 Å². The molecule has 0 aliphatic carbocycles. The molecule has 0 unspecified atom stereocenters. The number of nitrogens with one attached hydrogen (secondary N) is 1. The van der Waals surface area contributed by atoms with Crippen LogP contribution in [0.3, 0.4) is 0 Å². The Balaban J connectivity index is 1.98. The largest absolute Gasteiger partial charge is 0.478 e. The van der Waals surface area contributed by atoms with Crippen LogP contribution in [0, 0.1) is 0 Å². The third kappa shape index (κ3) is 4.14. The predicted molar refractivity (Wildman–Crippen MR) is 86.5 cm³/mol. The second-order valence-corrected chi connectivity index (χ2v) is 6.86. The van der Waals surface area contributed by atoms with Gasteiger partial charge in [-0.05, 0) is 24.3 Å². The maximum absolute atomic E-state index is 12.0. The fourth-order valence-corrected chi connectivity index (χ4v) is 2.71. The SMILES string of the molecule is CC(C)(C)c1nc(CC(=O)Nc2ccc(C(=O)O)cc2)cs1. The smallest absolute Gasteiger partial charge is 0.335 e. The maximum Gasteiger partial charge on any atom is 0.335 e. The van der Waals surface area contributed by atoms with Crippen LogP contribution in [0.25, 0.3) is 0 Å². The van der Waals surface area contributed by atoms with Crippen LogP contribution in [0.5, 0.6) is 0 Å². The van der Waals surface area contributed by atoms with Crippen molar-refractivity contribution in [1.82, 2.24) is 4.98 Å². The van der Waals surface area contributed by atoms with E-state index in [-0.39, 0.29) is 23.3 Å². The number of aromatic nitrogens is 1. The lowest BCUT2D eigenvalue weighted by molar-refractivity contribution is -0.115. The molecular weight excluding hydrogens is 300 g/mol. The number of carboxylic acid groups (broad SMARTS) is 1. The number of benzene rings is 1. The minimum atomic E-state index is -0.991. The van der Waals surface area contributed by atoms with Gasteiger partial charge in [0.25, 0.3) is 0 Å². The lowest BCUT2D eigenvalue weighted by atomic mass is 9.98. The van der Waals surface area contributed by atoms with Crippen LogP contribution in [0.1, 0.15) is 41.8 Å². The third-order valence-corrected chi connectivity index (χ3v) is 4.27. The molecule has 2 aromatic rings. The Labute approximate surface area is 133 Å². The average molecular weight is 318 g/mol. The molecule has 0 aliphatic rings. The van der Waals surface area contributed by atoms with E-state index in [4.69, 9.17) is 5.11 Å². The zero-order chi connectivity index (χ0) is 16.3. The normalized spacial score (nSPS) is 11.2. The van der Waals surface area contributed by atoms with Gasteiger partial charge >= 0.3 is 5.97 Å². The molecule has 0 spiro atoms. The highest BCUT2D eigenvalue weighted by atomic mass is 32.1. The minimum absolute atomic E-state index is 0.0218. The van der Waals surface area contributed by atoms with Gasteiger partial charge in [-0.3, -0.25) is 4.79 Å². The summed E-state index contributed by atoms with van der Waals surface area (Å²) in [7, 11) is 0. The van der Waals surface area contributed by atoms with Crippen LogP contribution in [-0.4, -0.2) is 22.0 Å². The quantitative estimate of drug-likeness (QED) is 0.906. The van der Waals surface area contributed by atoms with Crippen LogP contribution in [0.2, 0.25) is 0 Å². The summed E-state index contributed by atoms with van der Waals surface area (Å²) in [5, 5.41) is 14.5. The number of carbonyl (C=O) groups excluding carboxylic acids is 1. The van der Waals surface area contributed by atoms with Gasteiger partial charge in [-0.25, -0.2) is 9.78 Å². The van der Waals surface area contributed by atoms with Gasteiger partial charge in [0.05, 0.1) is 22.7 Å². The Morgan fingerprint density at radius 2 is 1.86 bits per heavy atom. The van der Waals surface area contributed by atoms with Crippen LogP contribution < -0.4 is 5.32 Å². The Morgan fingerprint density at radius 1 is 1.23 bits per heavy atom. The number of carboxylic acids is 1. The molecule has 0 aliphatic heterocycles. The van der Waals surface area contributed by atoms with E-state index < -0.39 is 5.97 Å². The number of aromatic carboxylic acids is 1. The minimum Gasteiger partial charge on any atom is -0.478 e. The van der Waals surface area contributed by atoms with Gasteiger partial charge < -0.3 is 10.4 Å². The van der Waals surface area contributed by atoms with Crippen LogP contribution in [0.15, 0.2) is 29.6 Å². The molecule has 116 valence electrons. The van der Waals surface area contributed by atoms with Crippen molar-refractivity contribution in [1.29, 1.82) is 0 Å². The predicted octanol–water partition coefficient (Wildman–Crippen LogP) is 3.32. The number of amides is 1. The molecule has 22 heavy (non-hydrogen) atoms. The highest BCUT2D eigenvalue weighted by Gasteiger charge is 2.18. The second-order valence-electron chi connectivity index (χ2n) is 6.00. The summed E-state index contributed by atoms with van der Waals surface area (Å²) in [5.41, 5.74) is 1.48. The molecule has 0 saturated heterocycles. The molecule has 2 N–H and O–H groups in total. The van der Waals surface area contributed by atoms with Crippen LogP contribution in [0.4, 0.5) is 5.69 Å². The van der Waals surface area contributed by atoms with E-state index in [1.165, 1.54) is 12.1 Å². The maximum atomic E-state index is 12.0. The second kappa shape index (κ2) is 6.27. The van der Waals surface area contributed by atoms with Crippen molar-refractivity contribution in [2.45, 2.75) is 32.6 Å². The van der Waals surface area contributed by atoms with Crippen molar-refractivity contribution in [3.63, 3.8) is 0 Å². The van der Waals surface area contributed by atoms with Crippen molar-refractivity contribution in [2.75, 3.05) is 5.32 Å². The fraction of sp³-hybridized carbons (Fsp3) is 0.312. The first kappa shape index (κ1) is 16.2. The van der Waals surface area contributed by atoms with Crippen LogP contribution in [-0.2, 0) is 16.6 Å². The first-order valence-electron chi connectivity index (χ1n) is 6.84. The van der Waals surface area contributed by atoms with E-state index in [2.05, 4.69) is 31.1 Å². The van der Waals surface area contributed by atoms with E-state index in [0.717, 1.165) is 10.7 Å². The first-order chi connectivity index (χ1) is 10.3. The highest BCUT2D eigenvalue weighted by Crippen LogP contribution is 2.25. The molecule has 1 aromatic carbocycles. The first-order valence-corrected chi connectivity index (χ1v) is 7.72. The number of nitrogens with zero attached hydrogens (tertiary/aromatic N) is 1. The summed E-state index contributed by atoms with van der Waals surface area (Å²) >= 11 is 1.55. The molecule has 5 nitrogen and oxygen atoms in total. The standard InChI is InChI=1S/C16H18N2O3S/c1-16(2,3)15-18-12(9-22-15)8-13(19)17-11-6-4-10(5-7-11)14(20)21/h4-7,9H,8H2,1-3H3,(H,17,19)(H,20,21). The molecular formula is C16H18N2O3S. The van der Waals surface area contributed by atoms with Crippen molar-refractivity contribution < 1.29 is 14.7 Å². The molecule has 1 heterocycles. The molecule has 2 rings (SSSR count). The molecule has 1 amide bonds. The van der Waals surface area contributed by atoms with Crippen molar-refractivity contribution >= 4 is 28.9 Å². The van der Waals surface area contributed by atoms with E-state index in [1.54, 1.807) is 23.5 Å². The Kier molecular flexibility index (Phi) is 4.61. The molecule has 6 heteroatoms.